The summed E-state index contributed by atoms with van der Waals surface area (Å²) in [5.41, 5.74) is 4.64. The summed E-state index contributed by atoms with van der Waals surface area (Å²) in [6.07, 6.45) is 1.64. The van der Waals surface area contributed by atoms with E-state index in [1.54, 1.807) is 18.3 Å². The topological polar surface area (TPSA) is 66.7 Å². The fourth-order valence-corrected chi connectivity index (χ4v) is 3.18. The number of rotatable bonds is 4. The van der Waals surface area contributed by atoms with Crippen molar-refractivity contribution < 1.29 is 9.84 Å². The van der Waals surface area contributed by atoms with Crippen molar-refractivity contribution >= 4 is 48.8 Å². The number of halogens is 1. The molecule has 5 nitrogen and oxygen atoms in total. The van der Waals surface area contributed by atoms with Gasteiger partial charge in [0.15, 0.2) is 11.5 Å². The summed E-state index contributed by atoms with van der Waals surface area (Å²) in [4.78, 5) is 4.43. The summed E-state index contributed by atoms with van der Waals surface area (Å²) >= 11 is 4.81. The molecule has 0 saturated carbocycles. The van der Waals surface area contributed by atoms with Gasteiger partial charge in [0.25, 0.3) is 0 Å². The SMILES string of the molecule is COc1cc(C=NNc2nc3ccccc3s2)cc(Br)c1O. The van der Waals surface area contributed by atoms with E-state index in [2.05, 4.69) is 31.4 Å². The smallest absolute Gasteiger partial charge is 0.204 e. The van der Waals surface area contributed by atoms with E-state index < -0.39 is 0 Å². The monoisotopic (exact) mass is 377 g/mol. The van der Waals surface area contributed by atoms with Crippen LogP contribution in [0.2, 0.25) is 0 Å². The van der Waals surface area contributed by atoms with Crippen LogP contribution in [0.15, 0.2) is 46.0 Å². The Kier molecular flexibility index (Phi) is 4.26. The number of fused-ring (bicyclic) bond motifs is 1. The number of thiazole rings is 1. The number of anilines is 1. The largest absolute Gasteiger partial charge is 0.503 e. The number of aromatic hydroxyl groups is 1. The molecule has 0 aliphatic heterocycles. The van der Waals surface area contributed by atoms with Crippen molar-refractivity contribution in [3.8, 4) is 11.5 Å². The second kappa shape index (κ2) is 6.33. The first-order valence-electron chi connectivity index (χ1n) is 6.38. The Balaban J connectivity index is 1.78. The normalized spacial score (nSPS) is 11.2. The number of nitrogens with one attached hydrogen (secondary N) is 1. The van der Waals surface area contributed by atoms with E-state index in [1.165, 1.54) is 18.4 Å². The highest BCUT2D eigenvalue weighted by molar-refractivity contribution is 9.10. The zero-order chi connectivity index (χ0) is 15.5. The van der Waals surface area contributed by atoms with E-state index in [4.69, 9.17) is 4.74 Å². The Morgan fingerprint density at radius 1 is 1.36 bits per heavy atom. The average molecular weight is 378 g/mol. The second-order valence-electron chi connectivity index (χ2n) is 4.41. The molecule has 0 aliphatic rings. The van der Waals surface area contributed by atoms with Crippen molar-refractivity contribution in [3.63, 3.8) is 0 Å². The van der Waals surface area contributed by atoms with Crippen molar-refractivity contribution in [3.05, 3.63) is 46.4 Å². The van der Waals surface area contributed by atoms with E-state index in [1.807, 2.05) is 24.3 Å². The molecule has 2 N–H and O–H groups in total. The maximum Gasteiger partial charge on any atom is 0.204 e. The molecule has 0 saturated heterocycles. The molecule has 0 fully saturated rings. The minimum absolute atomic E-state index is 0.0683. The van der Waals surface area contributed by atoms with Gasteiger partial charge in [-0.15, -0.1) is 0 Å². The molecule has 0 bridgehead atoms. The molecule has 0 amide bonds. The molecule has 0 atom stereocenters. The Morgan fingerprint density at radius 3 is 2.95 bits per heavy atom. The molecule has 7 heteroatoms. The molecule has 2 aromatic carbocycles. The molecule has 22 heavy (non-hydrogen) atoms. The van der Waals surface area contributed by atoms with Gasteiger partial charge < -0.3 is 9.84 Å². The lowest BCUT2D eigenvalue weighted by Gasteiger charge is -2.06. The minimum Gasteiger partial charge on any atom is -0.503 e. The number of aromatic nitrogens is 1. The van der Waals surface area contributed by atoms with Gasteiger partial charge in [-0.25, -0.2) is 4.98 Å². The minimum atomic E-state index is 0.0683. The number of phenols is 1. The number of hydrazone groups is 1. The maximum absolute atomic E-state index is 9.77. The fraction of sp³-hybridized carbons (Fsp3) is 0.0667. The van der Waals surface area contributed by atoms with Gasteiger partial charge in [-0.1, -0.05) is 23.5 Å². The Hall–Kier alpha value is -2.12. The number of hydrogen-bond donors (Lipinski definition) is 2. The third kappa shape index (κ3) is 3.05. The van der Waals surface area contributed by atoms with Gasteiger partial charge in [-0.3, -0.25) is 5.43 Å². The third-order valence-corrected chi connectivity index (χ3v) is 4.48. The lowest BCUT2D eigenvalue weighted by atomic mass is 10.2. The second-order valence-corrected chi connectivity index (χ2v) is 6.30. The summed E-state index contributed by atoms with van der Waals surface area (Å²) < 4.78 is 6.75. The summed E-state index contributed by atoms with van der Waals surface area (Å²) in [5.74, 6) is 0.453. The molecule has 0 unspecified atom stereocenters. The Morgan fingerprint density at radius 2 is 2.18 bits per heavy atom. The summed E-state index contributed by atoms with van der Waals surface area (Å²) in [6.45, 7) is 0. The van der Waals surface area contributed by atoms with Gasteiger partial charge in [0.05, 0.1) is 28.0 Å². The van der Waals surface area contributed by atoms with Gasteiger partial charge in [0.2, 0.25) is 5.13 Å². The highest BCUT2D eigenvalue weighted by Crippen LogP contribution is 2.34. The lowest BCUT2D eigenvalue weighted by Crippen LogP contribution is -1.92. The molecule has 3 aromatic rings. The molecular weight excluding hydrogens is 366 g/mol. The Bertz CT molecular complexity index is 815. The molecule has 1 aromatic heterocycles. The average Bonchev–Trinajstić information content (AvgIpc) is 2.93. The molecule has 1 heterocycles. The van der Waals surface area contributed by atoms with Crippen LogP contribution < -0.4 is 10.2 Å². The quantitative estimate of drug-likeness (QED) is 0.527. The number of benzene rings is 2. The third-order valence-electron chi connectivity index (χ3n) is 2.94. The Labute approximate surface area is 139 Å². The zero-order valence-electron chi connectivity index (χ0n) is 11.6. The summed E-state index contributed by atoms with van der Waals surface area (Å²) in [7, 11) is 1.50. The van der Waals surface area contributed by atoms with Crippen LogP contribution in [0.25, 0.3) is 10.2 Å². The summed E-state index contributed by atoms with van der Waals surface area (Å²) in [6, 6.07) is 11.4. The van der Waals surface area contributed by atoms with Crippen LogP contribution in [-0.4, -0.2) is 23.4 Å². The maximum atomic E-state index is 9.77. The molecule has 0 spiro atoms. The first kappa shape index (κ1) is 14.8. The van der Waals surface area contributed by atoms with Crippen LogP contribution in [0.5, 0.6) is 11.5 Å². The first-order chi connectivity index (χ1) is 10.7. The van der Waals surface area contributed by atoms with Crippen molar-refractivity contribution in [2.45, 2.75) is 0 Å². The van der Waals surface area contributed by atoms with Crippen LogP contribution in [0.4, 0.5) is 5.13 Å². The molecule has 0 radical (unpaired) electrons. The predicted octanol–water partition coefficient (Wildman–Crippen LogP) is 4.22. The standard InChI is InChI=1S/C15H12BrN3O2S/c1-21-12-7-9(6-10(16)14(12)20)8-17-19-15-18-11-4-2-3-5-13(11)22-15/h2-8,20H,1H3,(H,18,19). The molecule has 3 rings (SSSR count). The van der Waals surface area contributed by atoms with Gasteiger partial charge in [-0.05, 0) is 45.8 Å². The van der Waals surface area contributed by atoms with E-state index in [9.17, 15) is 5.11 Å². The van der Waals surface area contributed by atoms with E-state index in [0.717, 1.165) is 20.9 Å². The van der Waals surface area contributed by atoms with E-state index in [0.29, 0.717) is 10.2 Å². The van der Waals surface area contributed by atoms with E-state index >= 15 is 0 Å². The highest BCUT2D eigenvalue weighted by Gasteiger charge is 2.07. The van der Waals surface area contributed by atoms with Crippen molar-refractivity contribution in [2.75, 3.05) is 12.5 Å². The predicted molar refractivity (Wildman–Crippen MR) is 93.2 cm³/mol. The van der Waals surface area contributed by atoms with Gasteiger partial charge in [-0.2, -0.15) is 5.10 Å². The molecule has 0 aliphatic carbocycles. The van der Waals surface area contributed by atoms with Crippen LogP contribution in [0.1, 0.15) is 5.56 Å². The number of nitrogens with zero attached hydrogens (tertiary/aromatic N) is 2. The zero-order valence-corrected chi connectivity index (χ0v) is 14.0. The molecular formula is C15H12BrN3O2S. The summed E-state index contributed by atoms with van der Waals surface area (Å²) in [5, 5.41) is 14.7. The first-order valence-corrected chi connectivity index (χ1v) is 7.99. The van der Waals surface area contributed by atoms with Crippen LogP contribution in [-0.2, 0) is 0 Å². The van der Waals surface area contributed by atoms with Gasteiger partial charge >= 0.3 is 0 Å². The van der Waals surface area contributed by atoms with Gasteiger partial charge in [0, 0.05) is 0 Å². The highest BCUT2D eigenvalue weighted by atomic mass is 79.9. The molecule has 112 valence electrons. The number of ether oxygens (including phenoxy) is 1. The van der Waals surface area contributed by atoms with Crippen LogP contribution in [0, 0.1) is 0 Å². The van der Waals surface area contributed by atoms with Gasteiger partial charge in [0.1, 0.15) is 0 Å². The number of methoxy groups -OCH3 is 1. The van der Waals surface area contributed by atoms with Crippen LogP contribution >= 0.6 is 27.3 Å². The van der Waals surface area contributed by atoms with E-state index in [-0.39, 0.29) is 5.75 Å². The van der Waals surface area contributed by atoms with Crippen molar-refractivity contribution in [1.29, 1.82) is 0 Å². The number of para-hydroxylation sites is 1. The van der Waals surface area contributed by atoms with Crippen LogP contribution in [0.3, 0.4) is 0 Å². The lowest BCUT2D eigenvalue weighted by molar-refractivity contribution is 0.372. The van der Waals surface area contributed by atoms with Crippen molar-refractivity contribution in [1.82, 2.24) is 4.98 Å². The van der Waals surface area contributed by atoms with Crippen molar-refractivity contribution in [2.24, 2.45) is 5.10 Å². The fourth-order valence-electron chi connectivity index (χ4n) is 1.91. The number of phenolic OH excluding ortho intramolecular Hbond substituents is 1. The number of hydrogen-bond acceptors (Lipinski definition) is 6.